The molecular weight excluding hydrogens is 270 g/mol. The van der Waals surface area contributed by atoms with Crippen molar-refractivity contribution >= 4 is 23.0 Å². The quantitative estimate of drug-likeness (QED) is 0.839. The lowest BCUT2D eigenvalue weighted by molar-refractivity contribution is 0.800. The van der Waals surface area contributed by atoms with Crippen molar-refractivity contribution in [3.8, 4) is 6.07 Å². The van der Waals surface area contributed by atoms with Crippen molar-refractivity contribution in [3.05, 3.63) is 65.2 Å². The van der Waals surface area contributed by atoms with E-state index >= 15 is 0 Å². The Kier molecular flexibility index (Phi) is 3.41. The van der Waals surface area contributed by atoms with Crippen LogP contribution in [0.2, 0.25) is 5.02 Å². The number of anilines is 1. The van der Waals surface area contributed by atoms with Gasteiger partial charge in [-0.05, 0) is 29.8 Å². The Morgan fingerprint density at radius 3 is 2.45 bits per heavy atom. The number of nitriles is 1. The molecule has 0 radical (unpaired) electrons. The normalized spacial score (nSPS) is 17.7. The fraction of sp³-hybridized carbons (Fsp3) is 0.125. The molecule has 1 aliphatic heterocycles. The molecule has 2 aromatic carbocycles. The average molecular weight is 282 g/mol. The van der Waals surface area contributed by atoms with Crippen molar-refractivity contribution in [2.24, 2.45) is 5.10 Å². The summed E-state index contributed by atoms with van der Waals surface area (Å²) in [5, 5.41) is 16.4. The molecule has 0 aliphatic carbocycles. The van der Waals surface area contributed by atoms with Gasteiger partial charge < -0.3 is 0 Å². The van der Waals surface area contributed by atoms with Gasteiger partial charge in [-0.2, -0.15) is 10.4 Å². The van der Waals surface area contributed by atoms with Crippen molar-refractivity contribution in [2.45, 2.75) is 12.5 Å². The molecule has 1 aliphatic rings. The van der Waals surface area contributed by atoms with Crippen LogP contribution in [-0.2, 0) is 0 Å². The highest BCUT2D eigenvalue weighted by Gasteiger charge is 2.28. The predicted octanol–water partition coefficient (Wildman–Crippen LogP) is 3.85. The highest BCUT2D eigenvalue weighted by molar-refractivity contribution is 6.30. The number of nitrogens with zero attached hydrogens (tertiary/aromatic N) is 3. The lowest BCUT2D eigenvalue weighted by Gasteiger charge is -2.17. The van der Waals surface area contributed by atoms with E-state index in [1.54, 1.807) is 5.01 Å². The second-order valence-corrected chi connectivity index (χ2v) is 5.02. The first kappa shape index (κ1) is 12.7. The van der Waals surface area contributed by atoms with Crippen LogP contribution in [0.1, 0.15) is 12.0 Å². The maximum Gasteiger partial charge on any atom is 0.144 e. The fourth-order valence-electron chi connectivity index (χ4n) is 2.25. The maximum absolute atomic E-state index is 9.32. The molecule has 3 rings (SSSR count). The molecule has 4 heteroatoms. The van der Waals surface area contributed by atoms with Gasteiger partial charge in [0, 0.05) is 11.4 Å². The van der Waals surface area contributed by atoms with Crippen molar-refractivity contribution < 1.29 is 0 Å². The van der Waals surface area contributed by atoms with E-state index in [1.165, 1.54) is 0 Å². The predicted molar refractivity (Wildman–Crippen MR) is 80.9 cm³/mol. The molecule has 0 amide bonds. The summed E-state index contributed by atoms with van der Waals surface area (Å²) in [4.78, 5) is 0. The van der Waals surface area contributed by atoms with E-state index in [4.69, 9.17) is 11.6 Å². The van der Waals surface area contributed by atoms with Crippen molar-refractivity contribution in [3.63, 3.8) is 0 Å². The smallest absolute Gasteiger partial charge is 0.144 e. The summed E-state index contributed by atoms with van der Waals surface area (Å²) in [6.45, 7) is 0. The number of rotatable bonds is 2. The van der Waals surface area contributed by atoms with Gasteiger partial charge >= 0.3 is 0 Å². The molecule has 1 atom stereocenters. The summed E-state index contributed by atoms with van der Waals surface area (Å²) in [7, 11) is 0. The average Bonchev–Trinajstić information content (AvgIpc) is 2.93. The van der Waals surface area contributed by atoms with E-state index in [-0.39, 0.29) is 6.04 Å². The Bertz CT molecular complexity index is 671. The number of para-hydroxylation sites is 1. The Balaban J connectivity index is 1.95. The summed E-state index contributed by atoms with van der Waals surface area (Å²) in [5.41, 5.74) is 2.85. The van der Waals surface area contributed by atoms with Gasteiger partial charge in [0.15, 0.2) is 0 Å². The Hall–Kier alpha value is -2.31. The second-order valence-electron chi connectivity index (χ2n) is 4.58. The van der Waals surface area contributed by atoms with Crippen LogP contribution >= 0.6 is 11.6 Å². The topological polar surface area (TPSA) is 39.4 Å². The van der Waals surface area contributed by atoms with E-state index in [9.17, 15) is 5.26 Å². The van der Waals surface area contributed by atoms with Gasteiger partial charge in [-0.1, -0.05) is 41.9 Å². The van der Waals surface area contributed by atoms with Crippen molar-refractivity contribution in [2.75, 3.05) is 5.01 Å². The molecule has 0 N–H and O–H groups in total. The minimum atomic E-state index is -0.261. The van der Waals surface area contributed by atoms with Crippen LogP contribution in [0, 0.1) is 11.3 Å². The van der Waals surface area contributed by atoms with Gasteiger partial charge in [-0.25, -0.2) is 5.01 Å². The molecular formula is C16H12ClN3. The lowest BCUT2D eigenvalue weighted by atomic mass is 10.0. The van der Waals surface area contributed by atoms with Gasteiger partial charge in [0.25, 0.3) is 0 Å². The van der Waals surface area contributed by atoms with Crippen LogP contribution in [0.15, 0.2) is 59.7 Å². The monoisotopic (exact) mass is 281 g/mol. The third-order valence-corrected chi connectivity index (χ3v) is 3.51. The van der Waals surface area contributed by atoms with E-state index in [1.807, 2.05) is 54.6 Å². The third-order valence-electron chi connectivity index (χ3n) is 3.26. The molecule has 20 heavy (non-hydrogen) atoms. The number of halogens is 1. The SMILES string of the molecule is N#CC1CC(c2ccc(Cl)cc2)=NN1c1ccccc1. The van der Waals surface area contributed by atoms with Gasteiger partial charge in [0.2, 0.25) is 0 Å². The van der Waals surface area contributed by atoms with Gasteiger partial charge in [-0.15, -0.1) is 0 Å². The maximum atomic E-state index is 9.32. The number of hydrogen-bond acceptors (Lipinski definition) is 3. The first-order valence-electron chi connectivity index (χ1n) is 6.35. The zero-order valence-corrected chi connectivity index (χ0v) is 11.5. The second kappa shape index (κ2) is 5.36. The van der Waals surface area contributed by atoms with E-state index in [0.717, 1.165) is 17.0 Å². The molecule has 3 nitrogen and oxygen atoms in total. The largest absolute Gasteiger partial charge is 0.248 e. The minimum absolute atomic E-state index is 0.261. The summed E-state index contributed by atoms with van der Waals surface area (Å²) in [5.74, 6) is 0. The highest BCUT2D eigenvalue weighted by Crippen LogP contribution is 2.26. The molecule has 1 heterocycles. The number of benzene rings is 2. The first-order valence-corrected chi connectivity index (χ1v) is 6.73. The van der Waals surface area contributed by atoms with Crippen LogP contribution in [0.4, 0.5) is 5.69 Å². The van der Waals surface area contributed by atoms with Crippen LogP contribution in [0.5, 0.6) is 0 Å². The van der Waals surface area contributed by atoms with Crippen LogP contribution < -0.4 is 5.01 Å². The summed E-state index contributed by atoms with van der Waals surface area (Å²) >= 11 is 5.90. The van der Waals surface area contributed by atoms with Crippen LogP contribution in [-0.4, -0.2) is 11.8 Å². The number of hydrogen-bond donors (Lipinski definition) is 0. The standard InChI is InChI=1S/C16H12ClN3/c17-13-8-6-12(7-9-13)16-10-15(11-18)20(19-16)14-4-2-1-3-5-14/h1-9,15H,10H2. The minimum Gasteiger partial charge on any atom is -0.248 e. The van der Waals surface area contributed by atoms with Crippen molar-refractivity contribution in [1.82, 2.24) is 0 Å². The van der Waals surface area contributed by atoms with Gasteiger partial charge in [0.1, 0.15) is 6.04 Å². The fourth-order valence-corrected chi connectivity index (χ4v) is 2.37. The Morgan fingerprint density at radius 1 is 1.10 bits per heavy atom. The molecule has 0 saturated heterocycles. The molecule has 2 aromatic rings. The van der Waals surface area contributed by atoms with Crippen LogP contribution in [0.3, 0.4) is 0 Å². The van der Waals surface area contributed by atoms with E-state index in [2.05, 4.69) is 11.2 Å². The molecule has 0 fully saturated rings. The van der Waals surface area contributed by atoms with Crippen molar-refractivity contribution in [1.29, 1.82) is 5.26 Å². The van der Waals surface area contributed by atoms with E-state index < -0.39 is 0 Å². The zero-order valence-electron chi connectivity index (χ0n) is 10.7. The first-order chi connectivity index (χ1) is 9.78. The lowest BCUT2D eigenvalue weighted by Crippen LogP contribution is -2.24. The highest BCUT2D eigenvalue weighted by atomic mass is 35.5. The molecule has 1 unspecified atom stereocenters. The zero-order chi connectivity index (χ0) is 13.9. The summed E-state index contributed by atoms with van der Waals surface area (Å²) < 4.78 is 0. The third kappa shape index (κ3) is 2.38. The van der Waals surface area contributed by atoms with Gasteiger partial charge in [0.05, 0.1) is 17.5 Å². The summed E-state index contributed by atoms with van der Waals surface area (Å²) in [6, 6.07) is 19.3. The Labute approximate surface area is 122 Å². The van der Waals surface area contributed by atoms with Crippen LogP contribution in [0.25, 0.3) is 0 Å². The number of hydrazone groups is 1. The summed E-state index contributed by atoms with van der Waals surface area (Å²) in [6.07, 6.45) is 0.618. The van der Waals surface area contributed by atoms with Gasteiger partial charge in [-0.3, -0.25) is 0 Å². The molecule has 0 aromatic heterocycles. The molecule has 0 saturated carbocycles. The molecule has 98 valence electrons. The molecule has 0 bridgehead atoms. The Morgan fingerprint density at radius 2 is 1.80 bits per heavy atom. The van der Waals surface area contributed by atoms with E-state index in [0.29, 0.717) is 11.4 Å². The molecule has 0 spiro atoms.